The lowest BCUT2D eigenvalue weighted by Gasteiger charge is -2.28. The summed E-state index contributed by atoms with van der Waals surface area (Å²) in [5.74, 6) is 0.797. The predicted octanol–water partition coefficient (Wildman–Crippen LogP) is 2.25. The molecular formula is C14H27N3. The van der Waals surface area contributed by atoms with E-state index in [1.165, 1.54) is 19.5 Å². The number of nitrogens with zero attached hydrogens (tertiary/aromatic N) is 2. The van der Waals surface area contributed by atoms with Crippen molar-refractivity contribution in [1.82, 2.24) is 10.2 Å². The Balaban J connectivity index is 2.39. The molecule has 1 heterocycles. The fourth-order valence-electron chi connectivity index (χ4n) is 2.36. The molecule has 1 rings (SSSR count). The number of hydrogen-bond acceptors (Lipinski definition) is 3. The first kappa shape index (κ1) is 14.5. The van der Waals surface area contributed by atoms with Crippen LogP contribution < -0.4 is 5.32 Å². The lowest BCUT2D eigenvalue weighted by atomic mass is 9.80. The zero-order valence-corrected chi connectivity index (χ0v) is 12.0. The highest BCUT2D eigenvalue weighted by Crippen LogP contribution is 2.33. The second-order valence-corrected chi connectivity index (χ2v) is 6.60. The molecule has 98 valence electrons. The molecule has 1 fully saturated rings. The van der Waals surface area contributed by atoms with Gasteiger partial charge in [0.05, 0.1) is 6.07 Å². The second kappa shape index (κ2) is 5.37. The van der Waals surface area contributed by atoms with Crippen molar-refractivity contribution in [2.24, 2.45) is 11.3 Å². The minimum atomic E-state index is -0.375. The zero-order valence-electron chi connectivity index (χ0n) is 12.0. The molecule has 0 aromatic heterocycles. The van der Waals surface area contributed by atoms with Crippen molar-refractivity contribution in [3.63, 3.8) is 0 Å². The lowest BCUT2D eigenvalue weighted by Crippen LogP contribution is -2.41. The van der Waals surface area contributed by atoms with Crippen LogP contribution in [-0.4, -0.2) is 37.1 Å². The van der Waals surface area contributed by atoms with Gasteiger partial charge in [-0.1, -0.05) is 20.8 Å². The first-order chi connectivity index (χ1) is 7.80. The van der Waals surface area contributed by atoms with Crippen LogP contribution in [0.2, 0.25) is 0 Å². The third-order valence-electron chi connectivity index (χ3n) is 4.22. The van der Waals surface area contributed by atoms with Crippen LogP contribution in [0.5, 0.6) is 0 Å². The Morgan fingerprint density at radius 1 is 1.35 bits per heavy atom. The molecule has 1 aliphatic rings. The van der Waals surface area contributed by atoms with Gasteiger partial charge in [-0.15, -0.1) is 0 Å². The van der Waals surface area contributed by atoms with Gasteiger partial charge in [-0.25, -0.2) is 0 Å². The van der Waals surface area contributed by atoms with Crippen molar-refractivity contribution < 1.29 is 0 Å². The topological polar surface area (TPSA) is 39.1 Å². The number of hydrogen-bond donors (Lipinski definition) is 1. The van der Waals surface area contributed by atoms with Gasteiger partial charge < -0.3 is 10.2 Å². The van der Waals surface area contributed by atoms with Crippen molar-refractivity contribution in [3.8, 4) is 6.07 Å². The van der Waals surface area contributed by atoms with Crippen LogP contribution >= 0.6 is 0 Å². The normalized spacial score (nSPS) is 25.5. The Bertz CT molecular complexity index is 287. The molecule has 0 amide bonds. The zero-order chi connectivity index (χ0) is 13.1. The van der Waals surface area contributed by atoms with E-state index in [-0.39, 0.29) is 5.54 Å². The molecule has 0 aromatic carbocycles. The maximum absolute atomic E-state index is 9.11. The van der Waals surface area contributed by atoms with Crippen LogP contribution in [-0.2, 0) is 0 Å². The molecule has 1 aliphatic heterocycles. The lowest BCUT2D eigenvalue weighted by molar-refractivity contribution is 0.222. The summed E-state index contributed by atoms with van der Waals surface area (Å²) in [6.45, 7) is 12.4. The molecule has 0 spiro atoms. The Morgan fingerprint density at radius 2 is 2.00 bits per heavy atom. The highest BCUT2D eigenvalue weighted by molar-refractivity contribution is 5.03. The number of nitrogens with one attached hydrogen (secondary N) is 1. The van der Waals surface area contributed by atoms with E-state index in [9.17, 15) is 0 Å². The molecule has 0 aliphatic carbocycles. The predicted molar refractivity (Wildman–Crippen MR) is 71.7 cm³/mol. The highest BCUT2D eigenvalue weighted by Gasteiger charge is 2.32. The van der Waals surface area contributed by atoms with E-state index in [4.69, 9.17) is 5.26 Å². The quantitative estimate of drug-likeness (QED) is 0.815. The highest BCUT2D eigenvalue weighted by atomic mass is 15.1. The van der Waals surface area contributed by atoms with Crippen molar-refractivity contribution in [1.29, 1.82) is 5.26 Å². The molecule has 1 saturated heterocycles. The minimum absolute atomic E-state index is 0.375. The Kier molecular flexibility index (Phi) is 4.57. The second-order valence-electron chi connectivity index (χ2n) is 6.60. The molecule has 0 aromatic rings. The smallest absolute Gasteiger partial charge is 0.104 e. The van der Waals surface area contributed by atoms with Gasteiger partial charge in [0.15, 0.2) is 0 Å². The van der Waals surface area contributed by atoms with Gasteiger partial charge in [-0.2, -0.15) is 5.26 Å². The first-order valence-corrected chi connectivity index (χ1v) is 6.63. The summed E-state index contributed by atoms with van der Waals surface area (Å²) < 4.78 is 0. The molecule has 2 atom stereocenters. The third kappa shape index (κ3) is 3.97. The SMILES string of the molecule is CNC(C)(C#N)CCN1CCC(C(C)(C)C)C1. The van der Waals surface area contributed by atoms with Crippen LogP contribution in [0.3, 0.4) is 0 Å². The van der Waals surface area contributed by atoms with Gasteiger partial charge in [0.25, 0.3) is 0 Å². The van der Waals surface area contributed by atoms with Gasteiger partial charge in [-0.05, 0) is 44.7 Å². The van der Waals surface area contributed by atoms with E-state index in [2.05, 4.69) is 37.1 Å². The summed E-state index contributed by atoms with van der Waals surface area (Å²) in [4.78, 5) is 2.50. The molecule has 3 heteroatoms. The van der Waals surface area contributed by atoms with Crippen LogP contribution in [0.15, 0.2) is 0 Å². The fourth-order valence-corrected chi connectivity index (χ4v) is 2.36. The van der Waals surface area contributed by atoms with Gasteiger partial charge >= 0.3 is 0 Å². The summed E-state index contributed by atoms with van der Waals surface area (Å²) in [6.07, 6.45) is 2.20. The van der Waals surface area contributed by atoms with E-state index >= 15 is 0 Å². The largest absolute Gasteiger partial charge is 0.303 e. The molecule has 0 bridgehead atoms. The van der Waals surface area contributed by atoms with Crippen LogP contribution in [0, 0.1) is 22.7 Å². The van der Waals surface area contributed by atoms with Crippen LogP contribution in [0.25, 0.3) is 0 Å². The summed E-state index contributed by atoms with van der Waals surface area (Å²) in [5, 5.41) is 12.2. The number of nitriles is 1. The van der Waals surface area contributed by atoms with Crippen molar-refractivity contribution >= 4 is 0 Å². The molecule has 0 radical (unpaired) electrons. The van der Waals surface area contributed by atoms with Crippen LogP contribution in [0.4, 0.5) is 0 Å². The Hall–Kier alpha value is -0.590. The van der Waals surface area contributed by atoms with E-state index < -0.39 is 0 Å². The van der Waals surface area contributed by atoms with Gasteiger partial charge in [0.1, 0.15) is 5.54 Å². The Labute approximate surface area is 106 Å². The van der Waals surface area contributed by atoms with Gasteiger partial charge in [-0.3, -0.25) is 0 Å². The monoisotopic (exact) mass is 237 g/mol. The van der Waals surface area contributed by atoms with Gasteiger partial charge in [0.2, 0.25) is 0 Å². The molecule has 3 nitrogen and oxygen atoms in total. The fraction of sp³-hybridized carbons (Fsp3) is 0.929. The van der Waals surface area contributed by atoms with E-state index in [1.54, 1.807) is 0 Å². The number of rotatable bonds is 4. The minimum Gasteiger partial charge on any atom is -0.303 e. The summed E-state index contributed by atoms with van der Waals surface area (Å²) in [5.41, 5.74) is 0.0378. The van der Waals surface area contributed by atoms with E-state index in [0.29, 0.717) is 5.41 Å². The number of likely N-dealkylation sites (tertiary alicyclic amines) is 1. The maximum atomic E-state index is 9.11. The van der Waals surface area contributed by atoms with Crippen molar-refractivity contribution in [3.05, 3.63) is 0 Å². The summed E-state index contributed by atoms with van der Waals surface area (Å²) in [6, 6.07) is 2.36. The summed E-state index contributed by atoms with van der Waals surface area (Å²) in [7, 11) is 1.87. The molecule has 17 heavy (non-hydrogen) atoms. The van der Waals surface area contributed by atoms with Crippen molar-refractivity contribution in [2.45, 2.75) is 46.1 Å². The molecular weight excluding hydrogens is 210 g/mol. The summed E-state index contributed by atoms with van der Waals surface area (Å²) >= 11 is 0. The average molecular weight is 237 g/mol. The maximum Gasteiger partial charge on any atom is 0.104 e. The molecule has 2 unspecified atom stereocenters. The third-order valence-corrected chi connectivity index (χ3v) is 4.22. The van der Waals surface area contributed by atoms with E-state index in [0.717, 1.165) is 18.9 Å². The Morgan fingerprint density at radius 3 is 2.41 bits per heavy atom. The average Bonchev–Trinajstić information content (AvgIpc) is 2.74. The standard InChI is InChI=1S/C14H27N3/c1-13(2,3)12-6-8-17(10-12)9-7-14(4,11-15)16-5/h12,16H,6-10H2,1-5H3. The van der Waals surface area contributed by atoms with Crippen LogP contribution in [0.1, 0.15) is 40.5 Å². The van der Waals surface area contributed by atoms with Crippen molar-refractivity contribution in [2.75, 3.05) is 26.7 Å². The van der Waals surface area contributed by atoms with Gasteiger partial charge in [0, 0.05) is 13.1 Å². The first-order valence-electron chi connectivity index (χ1n) is 6.63. The molecule has 1 N–H and O–H groups in total. The van der Waals surface area contributed by atoms with E-state index in [1.807, 2.05) is 14.0 Å². The molecule has 0 saturated carbocycles.